The molecule has 1 aliphatic heterocycles. The second kappa shape index (κ2) is 7.57. The molecule has 0 saturated carbocycles. The molecule has 1 aliphatic rings. The van der Waals surface area contributed by atoms with Crippen LogP contribution in [0.25, 0.3) is 10.9 Å². The van der Waals surface area contributed by atoms with Crippen molar-refractivity contribution >= 4 is 10.9 Å². The molecule has 0 amide bonds. The van der Waals surface area contributed by atoms with E-state index in [1.165, 1.54) is 12.1 Å². The minimum atomic E-state index is -0.306. The highest BCUT2D eigenvalue weighted by Gasteiger charge is 2.22. The van der Waals surface area contributed by atoms with E-state index in [2.05, 4.69) is 30.8 Å². The second-order valence-corrected chi connectivity index (χ2v) is 7.60. The van der Waals surface area contributed by atoms with Crippen molar-refractivity contribution in [1.29, 1.82) is 0 Å². The van der Waals surface area contributed by atoms with Gasteiger partial charge < -0.3 is 4.90 Å². The van der Waals surface area contributed by atoms with Crippen LogP contribution in [0, 0.1) is 23.6 Å². The first-order valence-corrected chi connectivity index (χ1v) is 9.45. The maximum atomic E-state index is 13.3. The zero-order chi connectivity index (χ0) is 19.7. The molecule has 0 fully saturated rings. The quantitative estimate of drug-likeness (QED) is 0.646. The molecule has 0 spiro atoms. The van der Waals surface area contributed by atoms with E-state index in [4.69, 9.17) is 4.98 Å². The van der Waals surface area contributed by atoms with E-state index < -0.39 is 0 Å². The van der Waals surface area contributed by atoms with Gasteiger partial charge in [-0.3, -0.25) is 9.36 Å². The van der Waals surface area contributed by atoms with Gasteiger partial charge in [0.1, 0.15) is 11.6 Å². The average Bonchev–Trinajstić information content (AvgIpc) is 2.66. The molecule has 1 unspecified atom stereocenters. The Balaban J connectivity index is 1.68. The Morgan fingerprint density at radius 2 is 1.96 bits per heavy atom. The monoisotopic (exact) mass is 375 g/mol. The van der Waals surface area contributed by atoms with Gasteiger partial charge in [-0.2, -0.15) is 0 Å². The lowest BCUT2D eigenvalue weighted by Gasteiger charge is -2.27. The minimum Gasteiger partial charge on any atom is -0.309 e. The van der Waals surface area contributed by atoms with Crippen LogP contribution in [0.3, 0.4) is 0 Å². The summed E-state index contributed by atoms with van der Waals surface area (Å²) in [5.74, 6) is 7.01. The number of rotatable bonds is 2. The SMILES string of the molecule is CN(C)CC1CCc2nc3cc(C#Cc4cccc(F)c4)ccc3c(=O)n2C1. The van der Waals surface area contributed by atoms with Crippen molar-refractivity contribution in [2.45, 2.75) is 19.4 Å². The van der Waals surface area contributed by atoms with Crippen molar-refractivity contribution in [3.8, 4) is 11.8 Å². The van der Waals surface area contributed by atoms with Crippen molar-refractivity contribution in [2.24, 2.45) is 5.92 Å². The van der Waals surface area contributed by atoms with Crippen molar-refractivity contribution in [3.05, 3.63) is 75.6 Å². The first-order valence-electron chi connectivity index (χ1n) is 9.45. The van der Waals surface area contributed by atoms with Crippen LogP contribution >= 0.6 is 0 Å². The fraction of sp³-hybridized carbons (Fsp3) is 0.304. The molecule has 1 atom stereocenters. The molecule has 0 bridgehead atoms. The predicted molar refractivity (Wildman–Crippen MR) is 109 cm³/mol. The Morgan fingerprint density at radius 3 is 2.71 bits per heavy atom. The average molecular weight is 375 g/mol. The van der Waals surface area contributed by atoms with Crippen LogP contribution in [0.4, 0.5) is 4.39 Å². The first-order chi connectivity index (χ1) is 13.5. The van der Waals surface area contributed by atoms with Crippen LogP contribution in [-0.4, -0.2) is 35.1 Å². The standard InChI is InChI=1S/C23H22FN3O/c1-26(2)14-18-9-11-22-25-21-13-17(7-6-16-4-3-5-19(24)12-16)8-10-20(21)23(28)27(22)15-18/h3-5,8,10,12-13,18H,9,11,14-15H2,1-2H3. The molecular weight excluding hydrogens is 353 g/mol. The highest BCUT2D eigenvalue weighted by molar-refractivity contribution is 5.79. The van der Waals surface area contributed by atoms with Crippen molar-refractivity contribution < 1.29 is 4.39 Å². The van der Waals surface area contributed by atoms with Gasteiger partial charge in [0.25, 0.3) is 5.56 Å². The molecule has 4 rings (SSSR count). The van der Waals surface area contributed by atoms with E-state index in [0.29, 0.717) is 22.4 Å². The zero-order valence-corrected chi connectivity index (χ0v) is 16.1. The molecule has 4 nitrogen and oxygen atoms in total. The van der Waals surface area contributed by atoms with Crippen LogP contribution in [-0.2, 0) is 13.0 Å². The molecular formula is C23H22FN3O. The van der Waals surface area contributed by atoms with Gasteiger partial charge in [-0.25, -0.2) is 9.37 Å². The van der Waals surface area contributed by atoms with E-state index in [-0.39, 0.29) is 11.4 Å². The van der Waals surface area contributed by atoms with Crippen molar-refractivity contribution in [3.63, 3.8) is 0 Å². The molecule has 5 heteroatoms. The predicted octanol–water partition coefficient (Wildman–Crippen LogP) is 3.06. The number of halogens is 1. The highest BCUT2D eigenvalue weighted by Crippen LogP contribution is 2.20. The summed E-state index contributed by atoms with van der Waals surface area (Å²) in [6.45, 7) is 1.69. The summed E-state index contributed by atoms with van der Waals surface area (Å²) in [5.41, 5.74) is 2.07. The maximum absolute atomic E-state index is 13.3. The molecule has 1 aromatic heterocycles. The summed E-state index contributed by atoms with van der Waals surface area (Å²) >= 11 is 0. The summed E-state index contributed by atoms with van der Waals surface area (Å²) in [4.78, 5) is 19.9. The summed E-state index contributed by atoms with van der Waals surface area (Å²) in [7, 11) is 4.12. The van der Waals surface area contributed by atoms with Gasteiger partial charge in [0.2, 0.25) is 0 Å². The number of aromatic nitrogens is 2. The second-order valence-electron chi connectivity index (χ2n) is 7.60. The summed E-state index contributed by atoms with van der Waals surface area (Å²) in [6, 6.07) is 11.7. The first kappa shape index (κ1) is 18.4. The van der Waals surface area contributed by atoms with Gasteiger partial charge in [-0.1, -0.05) is 17.9 Å². The largest absolute Gasteiger partial charge is 0.309 e. The fourth-order valence-corrected chi connectivity index (χ4v) is 3.78. The summed E-state index contributed by atoms with van der Waals surface area (Å²) in [5, 5.41) is 0.616. The zero-order valence-electron chi connectivity index (χ0n) is 16.1. The Bertz CT molecular complexity index is 1150. The molecule has 28 heavy (non-hydrogen) atoms. The van der Waals surface area contributed by atoms with Gasteiger partial charge >= 0.3 is 0 Å². The minimum absolute atomic E-state index is 0.0214. The molecule has 3 aromatic rings. The summed E-state index contributed by atoms with van der Waals surface area (Å²) < 4.78 is 15.1. The highest BCUT2D eigenvalue weighted by atomic mass is 19.1. The maximum Gasteiger partial charge on any atom is 0.261 e. The van der Waals surface area contributed by atoms with Crippen LogP contribution in [0.5, 0.6) is 0 Å². The van der Waals surface area contributed by atoms with E-state index in [0.717, 1.165) is 37.3 Å². The number of hydrogen-bond donors (Lipinski definition) is 0. The third kappa shape index (κ3) is 3.83. The lowest BCUT2D eigenvalue weighted by atomic mass is 9.98. The van der Waals surface area contributed by atoms with Crippen LogP contribution in [0.2, 0.25) is 0 Å². The van der Waals surface area contributed by atoms with Crippen molar-refractivity contribution in [2.75, 3.05) is 20.6 Å². The number of nitrogens with zero attached hydrogens (tertiary/aromatic N) is 3. The van der Waals surface area contributed by atoms with Gasteiger partial charge in [-0.15, -0.1) is 0 Å². The van der Waals surface area contributed by atoms with Gasteiger partial charge in [0, 0.05) is 30.6 Å². The number of aryl methyl sites for hydroxylation is 1. The van der Waals surface area contributed by atoms with Crippen LogP contribution in [0.1, 0.15) is 23.4 Å². The molecule has 0 saturated heterocycles. The van der Waals surface area contributed by atoms with E-state index >= 15 is 0 Å². The van der Waals surface area contributed by atoms with Gasteiger partial charge in [0.15, 0.2) is 0 Å². The molecule has 2 heterocycles. The van der Waals surface area contributed by atoms with E-state index in [1.54, 1.807) is 18.2 Å². The van der Waals surface area contributed by atoms with Crippen molar-refractivity contribution in [1.82, 2.24) is 14.5 Å². The lowest BCUT2D eigenvalue weighted by Crippen LogP contribution is -2.36. The molecule has 0 radical (unpaired) electrons. The lowest BCUT2D eigenvalue weighted by molar-refractivity contribution is 0.261. The third-order valence-electron chi connectivity index (χ3n) is 5.05. The number of fused-ring (bicyclic) bond motifs is 2. The summed E-state index contributed by atoms with van der Waals surface area (Å²) in [6.07, 6.45) is 1.85. The van der Waals surface area contributed by atoms with Gasteiger partial charge in [-0.05, 0) is 62.8 Å². The van der Waals surface area contributed by atoms with Crippen LogP contribution < -0.4 is 5.56 Å². The third-order valence-corrected chi connectivity index (χ3v) is 5.05. The van der Waals surface area contributed by atoms with E-state index in [1.807, 2.05) is 16.7 Å². The Morgan fingerprint density at radius 1 is 1.18 bits per heavy atom. The smallest absolute Gasteiger partial charge is 0.261 e. The number of hydrogen-bond acceptors (Lipinski definition) is 3. The molecule has 0 aliphatic carbocycles. The Labute approximate surface area is 163 Å². The molecule has 2 aromatic carbocycles. The number of benzene rings is 2. The van der Waals surface area contributed by atoms with Gasteiger partial charge in [0.05, 0.1) is 10.9 Å². The fourth-order valence-electron chi connectivity index (χ4n) is 3.78. The van der Waals surface area contributed by atoms with Crippen LogP contribution in [0.15, 0.2) is 47.3 Å². The normalized spacial score (nSPS) is 15.9. The van der Waals surface area contributed by atoms with E-state index in [9.17, 15) is 9.18 Å². The molecule has 0 N–H and O–H groups in total. The molecule has 142 valence electrons. The Hall–Kier alpha value is -2.97. The Kier molecular flexibility index (Phi) is 4.97. The topological polar surface area (TPSA) is 38.1 Å².